The molecule has 0 saturated carbocycles. The molecule has 0 unspecified atom stereocenters. The number of rotatable bonds is 5. The zero-order chi connectivity index (χ0) is 21.3. The number of fused-ring (bicyclic) bond motifs is 2. The summed E-state index contributed by atoms with van der Waals surface area (Å²) in [5.41, 5.74) is 2.95. The van der Waals surface area contributed by atoms with E-state index in [-0.39, 0.29) is 22.5 Å². The van der Waals surface area contributed by atoms with Crippen molar-refractivity contribution in [3.63, 3.8) is 0 Å². The van der Waals surface area contributed by atoms with Gasteiger partial charge in [-0.1, -0.05) is 36.4 Å². The minimum absolute atomic E-state index is 0.0468. The van der Waals surface area contributed by atoms with E-state index in [1.165, 1.54) is 10.5 Å². The zero-order valence-electron chi connectivity index (χ0n) is 17.0. The van der Waals surface area contributed by atoms with Gasteiger partial charge in [-0.05, 0) is 43.5 Å². The second-order valence-corrected chi connectivity index (χ2v) is 7.23. The molecule has 0 saturated heterocycles. The average Bonchev–Trinajstić information content (AvgIpc) is 2.75. The minimum atomic E-state index is -0.367. The van der Waals surface area contributed by atoms with Crippen molar-refractivity contribution in [3.8, 4) is 0 Å². The van der Waals surface area contributed by atoms with Gasteiger partial charge in [0.1, 0.15) is 16.8 Å². The molecule has 0 aliphatic carbocycles. The topological polar surface area (TPSA) is 92.2 Å². The van der Waals surface area contributed by atoms with Crippen LogP contribution in [-0.2, 0) is 13.0 Å². The maximum Gasteiger partial charge on any atom is 0.267 e. The molecule has 3 heterocycles. The van der Waals surface area contributed by atoms with Gasteiger partial charge in [0.15, 0.2) is 0 Å². The summed E-state index contributed by atoms with van der Waals surface area (Å²) >= 11 is 0. The molecule has 1 aromatic carbocycles. The van der Waals surface area contributed by atoms with Crippen molar-refractivity contribution < 1.29 is 4.79 Å². The van der Waals surface area contributed by atoms with E-state index in [1.54, 1.807) is 16.8 Å². The number of carbonyl (C=O) groups is 1. The Kier molecular flexibility index (Phi) is 5.18. The van der Waals surface area contributed by atoms with Gasteiger partial charge in [-0.15, -0.1) is 0 Å². The second-order valence-electron chi connectivity index (χ2n) is 7.23. The van der Waals surface area contributed by atoms with Crippen LogP contribution >= 0.6 is 0 Å². The number of aromatic nitrogens is 3. The third-order valence-corrected chi connectivity index (χ3v) is 5.16. The summed E-state index contributed by atoms with van der Waals surface area (Å²) in [6, 6.07) is 15.0. The Hall–Kier alpha value is -3.74. The molecule has 4 rings (SSSR count). The first-order chi connectivity index (χ1) is 14.5. The first kappa shape index (κ1) is 19.6. The number of carbonyl (C=O) groups excluding carboxylic acids is 1. The molecule has 0 aliphatic heterocycles. The van der Waals surface area contributed by atoms with Gasteiger partial charge in [0, 0.05) is 19.3 Å². The molecule has 2 N–H and O–H groups in total. The molecule has 152 valence electrons. The first-order valence-electron chi connectivity index (χ1n) is 9.93. The van der Waals surface area contributed by atoms with E-state index in [1.807, 2.05) is 50.2 Å². The Morgan fingerprint density at radius 1 is 1.17 bits per heavy atom. The van der Waals surface area contributed by atoms with Crippen LogP contribution in [0.5, 0.6) is 0 Å². The fraction of sp³-hybridized carbons (Fsp3) is 0.217. The summed E-state index contributed by atoms with van der Waals surface area (Å²) in [6.07, 6.45) is 2.42. The number of nitrogens with zero attached hydrogens (tertiary/aromatic N) is 3. The van der Waals surface area contributed by atoms with Gasteiger partial charge < -0.3 is 9.88 Å². The van der Waals surface area contributed by atoms with Gasteiger partial charge in [0.2, 0.25) is 0 Å². The second kappa shape index (κ2) is 7.94. The van der Waals surface area contributed by atoms with Gasteiger partial charge >= 0.3 is 0 Å². The van der Waals surface area contributed by atoms with Crippen molar-refractivity contribution in [2.75, 3.05) is 6.54 Å². The molecule has 1 amide bonds. The SMILES string of the molecule is CCn1c(=N)c(C(=O)NCCc2ccccc2)cc2c(=O)n3cc(C)ccc3nc21. The van der Waals surface area contributed by atoms with Crippen molar-refractivity contribution >= 4 is 22.6 Å². The predicted molar refractivity (Wildman–Crippen MR) is 116 cm³/mol. The Morgan fingerprint density at radius 3 is 2.67 bits per heavy atom. The fourth-order valence-corrected chi connectivity index (χ4v) is 3.58. The molecule has 0 atom stereocenters. The number of benzene rings is 1. The highest BCUT2D eigenvalue weighted by Crippen LogP contribution is 2.11. The third-order valence-electron chi connectivity index (χ3n) is 5.16. The lowest BCUT2D eigenvalue weighted by Crippen LogP contribution is -2.35. The standard InChI is InChI=1S/C23H23N5O2/c1-3-27-20(24)17(22(29)25-12-11-16-7-5-4-6-8-16)13-18-21(27)26-19-10-9-15(2)14-28(19)23(18)30/h4-10,13-14,24H,3,11-12H2,1-2H3,(H,25,29). The van der Waals surface area contributed by atoms with Crippen LogP contribution in [0, 0.1) is 12.3 Å². The van der Waals surface area contributed by atoms with Crippen LogP contribution in [0.25, 0.3) is 16.7 Å². The first-order valence-corrected chi connectivity index (χ1v) is 9.93. The lowest BCUT2D eigenvalue weighted by molar-refractivity contribution is 0.0951. The molecule has 7 nitrogen and oxygen atoms in total. The maximum absolute atomic E-state index is 13.1. The van der Waals surface area contributed by atoms with Crippen LogP contribution in [0.3, 0.4) is 0 Å². The molecule has 0 bridgehead atoms. The molecular formula is C23H23N5O2. The van der Waals surface area contributed by atoms with Crippen LogP contribution < -0.4 is 16.4 Å². The Labute approximate surface area is 173 Å². The van der Waals surface area contributed by atoms with E-state index >= 15 is 0 Å². The normalized spacial score (nSPS) is 11.1. The Morgan fingerprint density at radius 2 is 1.93 bits per heavy atom. The zero-order valence-corrected chi connectivity index (χ0v) is 17.0. The van der Waals surface area contributed by atoms with E-state index in [9.17, 15) is 9.59 Å². The minimum Gasteiger partial charge on any atom is -0.352 e. The van der Waals surface area contributed by atoms with E-state index in [4.69, 9.17) is 5.41 Å². The van der Waals surface area contributed by atoms with Crippen molar-refractivity contribution in [3.05, 3.63) is 87.3 Å². The molecule has 0 aliphatic rings. The number of amides is 1. The number of aryl methyl sites for hydroxylation is 2. The summed E-state index contributed by atoms with van der Waals surface area (Å²) in [4.78, 5) is 30.5. The highest BCUT2D eigenvalue weighted by molar-refractivity contribution is 5.96. The van der Waals surface area contributed by atoms with Crippen LogP contribution in [0.2, 0.25) is 0 Å². The monoisotopic (exact) mass is 401 g/mol. The smallest absolute Gasteiger partial charge is 0.267 e. The van der Waals surface area contributed by atoms with Crippen molar-refractivity contribution in [1.82, 2.24) is 19.3 Å². The fourth-order valence-electron chi connectivity index (χ4n) is 3.58. The lowest BCUT2D eigenvalue weighted by atomic mass is 10.1. The van der Waals surface area contributed by atoms with Crippen LogP contribution in [-0.4, -0.2) is 26.4 Å². The highest BCUT2D eigenvalue weighted by atomic mass is 16.1. The Bertz CT molecular complexity index is 1370. The van der Waals surface area contributed by atoms with Crippen molar-refractivity contribution in [2.45, 2.75) is 26.8 Å². The molecule has 0 fully saturated rings. The summed E-state index contributed by atoms with van der Waals surface area (Å²) in [5, 5.41) is 11.7. The van der Waals surface area contributed by atoms with Crippen molar-refractivity contribution in [2.24, 2.45) is 0 Å². The summed E-state index contributed by atoms with van der Waals surface area (Å²) < 4.78 is 3.08. The molecule has 3 aromatic heterocycles. The van der Waals surface area contributed by atoms with E-state index in [0.29, 0.717) is 36.2 Å². The molecule has 30 heavy (non-hydrogen) atoms. The number of hydrogen-bond acceptors (Lipinski definition) is 4. The quantitative estimate of drug-likeness (QED) is 0.503. The molecule has 0 spiro atoms. The van der Waals surface area contributed by atoms with E-state index in [2.05, 4.69) is 10.3 Å². The Balaban J connectivity index is 1.76. The van der Waals surface area contributed by atoms with Crippen LogP contribution in [0.15, 0.2) is 59.5 Å². The number of hydrogen-bond donors (Lipinski definition) is 2. The third kappa shape index (κ3) is 3.50. The van der Waals surface area contributed by atoms with Crippen molar-refractivity contribution in [1.29, 1.82) is 5.41 Å². The van der Waals surface area contributed by atoms with Gasteiger partial charge in [-0.3, -0.25) is 19.4 Å². The number of nitrogens with one attached hydrogen (secondary N) is 2. The van der Waals surface area contributed by atoms with Gasteiger partial charge in [-0.2, -0.15) is 0 Å². The predicted octanol–water partition coefficient (Wildman–Crippen LogP) is 2.43. The van der Waals surface area contributed by atoms with E-state index in [0.717, 1.165) is 11.1 Å². The molecule has 0 radical (unpaired) electrons. The molecule has 7 heteroatoms. The van der Waals surface area contributed by atoms with Gasteiger partial charge in [0.05, 0.1) is 10.9 Å². The van der Waals surface area contributed by atoms with Crippen LogP contribution in [0.1, 0.15) is 28.4 Å². The van der Waals surface area contributed by atoms with Gasteiger partial charge in [-0.25, -0.2) is 4.98 Å². The summed E-state index contributed by atoms with van der Waals surface area (Å²) in [5.74, 6) is -0.367. The molecular weight excluding hydrogens is 378 g/mol. The molecule has 4 aromatic rings. The highest BCUT2D eigenvalue weighted by Gasteiger charge is 2.16. The van der Waals surface area contributed by atoms with Gasteiger partial charge in [0.25, 0.3) is 11.5 Å². The van der Waals surface area contributed by atoms with Crippen LogP contribution in [0.4, 0.5) is 0 Å². The summed E-state index contributed by atoms with van der Waals surface area (Å²) in [7, 11) is 0. The van der Waals surface area contributed by atoms with E-state index < -0.39 is 0 Å². The maximum atomic E-state index is 13.1. The largest absolute Gasteiger partial charge is 0.352 e. The summed E-state index contributed by atoms with van der Waals surface area (Å²) in [6.45, 7) is 4.64. The lowest BCUT2D eigenvalue weighted by Gasteiger charge is -2.13. The average molecular weight is 401 g/mol. The number of pyridine rings is 2.